The van der Waals surface area contributed by atoms with Crippen LogP contribution in [0.3, 0.4) is 0 Å². The molecule has 0 aromatic carbocycles. The predicted octanol–water partition coefficient (Wildman–Crippen LogP) is -4.76. The van der Waals surface area contributed by atoms with Crippen molar-refractivity contribution in [3.05, 3.63) is 0 Å². The van der Waals surface area contributed by atoms with Gasteiger partial charge >= 0.3 is 5.97 Å². The topological polar surface area (TPSA) is 211 Å². The fourth-order valence-electron chi connectivity index (χ4n) is 1.60. The van der Waals surface area contributed by atoms with Crippen molar-refractivity contribution in [1.82, 2.24) is 16.0 Å². The van der Waals surface area contributed by atoms with Crippen LogP contribution in [-0.4, -0.2) is 87.6 Å². The molecule has 0 radical (unpaired) electrons. The highest BCUT2D eigenvalue weighted by molar-refractivity contribution is 5.94. The van der Waals surface area contributed by atoms with Crippen molar-refractivity contribution in [2.24, 2.45) is 5.73 Å². The summed E-state index contributed by atoms with van der Waals surface area (Å²) in [5, 5.41) is 42.3. The Balaban J connectivity index is 4.86. The number of carboxylic acid groups (broad SMARTS) is 1. The first-order chi connectivity index (χ1) is 11.5. The van der Waals surface area contributed by atoms with Gasteiger partial charge in [0.25, 0.3) is 0 Å². The Kier molecular flexibility index (Phi) is 9.59. The van der Waals surface area contributed by atoms with Crippen molar-refractivity contribution in [1.29, 1.82) is 0 Å². The van der Waals surface area contributed by atoms with E-state index in [2.05, 4.69) is 10.6 Å². The lowest BCUT2D eigenvalue weighted by Crippen LogP contribution is -2.59. The van der Waals surface area contributed by atoms with Crippen molar-refractivity contribution in [2.45, 2.75) is 44.1 Å². The highest BCUT2D eigenvalue weighted by Gasteiger charge is 2.30. The van der Waals surface area contributed by atoms with Crippen LogP contribution in [0.1, 0.15) is 13.8 Å². The highest BCUT2D eigenvalue weighted by atomic mass is 16.4. The number of nitrogens with one attached hydrogen (secondary N) is 3. The molecule has 0 aromatic rings. The minimum absolute atomic E-state index is 0.670. The molecule has 12 nitrogen and oxygen atoms in total. The number of aliphatic carboxylic acids is 1. The predicted molar refractivity (Wildman–Crippen MR) is 82.9 cm³/mol. The zero-order valence-corrected chi connectivity index (χ0v) is 13.8. The van der Waals surface area contributed by atoms with Crippen molar-refractivity contribution >= 4 is 23.7 Å². The molecule has 0 aliphatic rings. The largest absolute Gasteiger partial charge is 0.480 e. The van der Waals surface area contributed by atoms with E-state index in [-0.39, 0.29) is 0 Å². The second kappa shape index (κ2) is 10.6. The molecule has 0 saturated heterocycles. The van der Waals surface area contributed by atoms with Crippen LogP contribution in [0.2, 0.25) is 0 Å². The molecule has 0 rings (SSSR count). The summed E-state index contributed by atoms with van der Waals surface area (Å²) in [6.45, 7) is 0.944. The summed E-state index contributed by atoms with van der Waals surface area (Å²) in [6, 6.07) is -5.50. The molecule has 0 saturated carbocycles. The standard InChI is InChI=1S/C13H24N4O8/c1-5(10(21)16-8(4-19)13(24)25)15-12(23)9(6(2)20)17-11(22)7(14)3-18/h5-9,18-20H,3-4,14H2,1-2H3,(H,15,23)(H,16,21)(H,17,22)(H,24,25). The highest BCUT2D eigenvalue weighted by Crippen LogP contribution is 1.97. The number of rotatable bonds is 10. The molecule has 3 amide bonds. The summed E-state index contributed by atoms with van der Waals surface area (Å²) < 4.78 is 0. The zero-order chi connectivity index (χ0) is 19.7. The molecule has 0 fully saturated rings. The fourth-order valence-corrected chi connectivity index (χ4v) is 1.60. The van der Waals surface area contributed by atoms with Gasteiger partial charge in [-0.3, -0.25) is 14.4 Å². The van der Waals surface area contributed by atoms with E-state index >= 15 is 0 Å². The van der Waals surface area contributed by atoms with Crippen LogP contribution < -0.4 is 21.7 Å². The van der Waals surface area contributed by atoms with Crippen LogP contribution in [-0.2, 0) is 19.2 Å². The first-order valence-corrected chi connectivity index (χ1v) is 7.34. The number of amides is 3. The SMILES string of the molecule is CC(NC(=O)C(NC(=O)C(N)CO)C(C)O)C(=O)NC(CO)C(=O)O. The Morgan fingerprint density at radius 2 is 1.48 bits per heavy atom. The Hall–Kier alpha value is -2.28. The van der Waals surface area contributed by atoms with Crippen LogP contribution in [0, 0.1) is 0 Å². The van der Waals surface area contributed by atoms with Gasteiger partial charge in [0.1, 0.15) is 24.2 Å². The fraction of sp³-hybridized carbons (Fsp3) is 0.692. The number of nitrogens with two attached hydrogens (primary N) is 1. The first kappa shape index (κ1) is 22.7. The number of aliphatic hydroxyl groups is 3. The van der Waals surface area contributed by atoms with Gasteiger partial charge in [-0.25, -0.2) is 4.79 Å². The van der Waals surface area contributed by atoms with Crippen molar-refractivity contribution in [3.8, 4) is 0 Å². The summed E-state index contributed by atoms with van der Waals surface area (Å²) in [5.74, 6) is -4.15. The van der Waals surface area contributed by atoms with Gasteiger partial charge in [0.2, 0.25) is 17.7 Å². The van der Waals surface area contributed by atoms with E-state index < -0.39 is 67.2 Å². The van der Waals surface area contributed by atoms with E-state index in [1.807, 2.05) is 5.32 Å². The average molecular weight is 364 g/mol. The summed E-state index contributed by atoms with van der Waals surface area (Å²) in [4.78, 5) is 46.3. The summed E-state index contributed by atoms with van der Waals surface area (Å²) in [5.41, 5.74) is 5.29. The molecular weight excluding hydrogens is 340 g/mol. The minimum atomic E-state index is -1.54. The third-order valence-electron chi connectivity index (χ3n) is 3.15. The molecule has 0 bridgehead atoms. The lowest BCUT2D eigenvalue weighted by Gasteiger charge is -2.24. The van der Waals surface area contributed by atoms with E-state index in [1.54, 1.807) is 0 Å². The third-order valence-corrected chi connectivity index (χ3v) is 3.15. The first-order valence-electron chi connectivity index (χ1n) is 7.34. The van der Waals surface area contributed by atoms with E-state index in [1.165, 1.54) is 13.8 Å². The summed E-state index contributed by atoms with van der Waals surface area (Å²) in [6.07, 6.45) is -1.34. The van der Waals surface area contributed by atoms with Crippen molar-refractivity contribution in [2.75, 3.05) is 13.2 Å². The number of carbonyl (C=O) groups excluding carboxylic acids is 3. The van der Waals surface area contributed by atoms with Gasteiger partial charge in [0.05, 0.1) is 19.3 Å². The molecular formula is C13H24N4O8. The molecule has 0 aliphatic carbocycles. The van der Waals surface area contributed by atoms with Crippen molar-refractivity contribution in [3.63, 3.8) is 0 Å². The molecule has 25 heavy (non-hydrogen) atoms. The molecule has 0 aromatic heterocycles. The van der Waals surface area contributed by atoms with Crippen LogP contribution in [0.25, 0.3) is 0 Å². The monoisotopic (exact) mass is 364 g/mol. The molecule has 5 unspecified atom stereocenters. The van der Waals surface area contributed by atoms with Crippen LogP contribution in [0.4, 0.5) is 0 Å². The maximum Gasteiger partial charge on any atom is 0.328 e. The molecule has 0 heterocycles. The number of carboxylic acids is 1. The molecule has 0 spiro atoms. The Morgan fingerprint density at radius 3 is 1.88 bits per heavy atom. The minimum Gasteiger partial charge on any atom is -0.480 e. The number of hydrogen-bond acceptors (Lipinski definition) is 8. The van der Waals surface area contributed by atoms with E-state index in [4.69, 9.17) is 21.1 Å². The second-order valence-corrected chi connectivity index (χ2v) is 5.33. The maximum atomic E-state index is 12.1. The molecule has 9 N–H and O–H groups in total. The van der Waals surface area contributed by atoms with Gasteiger partial charge in [-0.05, 0) is 13.8 Å². The van der Waals surface area contributed by atoms with Gasteiger partial charge in [-0.1, -0.05) is 0 Å². The number of hydrogen-bond donors (Lipinski definition) is 8. The van der Waals surface area contributed by atoms with Gasteiger partial charge in [-0.2, -0.15) is 0 Å². The van der Waals surface area contributed by atoms with Gasteiger partial charge in [-0.15, -0.1) is 0 Å². The Bertz CT molecular complexity index is 498. The molecule has 144 valence electrons. The number of carbonyl (C=O) groups is 4. The van der Waals surface area contributed by atoms with Gasteiger partial charge in [0, 0.05) is 0 Å². The third kappa shape index (κ3) is 7.43. The van der Waals surface area contributed by atoms with Crippen LogP contribution in [0.5, 0.6) is 0 Å². The Labute approximate surface area is 143 Å². The molecule has 0 aliphatic heterocycles. The van der Waals surface area contributed by atoms with E-state index in [9.17, 15) is 24.3 Å². The van der Waals surface area contributed by atoms with Gasteiger partial charge < -0.3 is 42.1 Å². The summed E-state index contributed by atoms with van der Waals surface area (Å²) >= 11 is 0. The van der Waals surface area contributed by atoms with Gasteiger partial charge in [0.15, 0.2) is 0 Å². The summed E-state index contributed by atoms with van der Waals surface area (Å²) in [7, 11) is 0. The van der Waals surface area contributed by atoms with E-state index in [0.29, 0.717) is 0 Å². The average Bonchev–Trinajstić information content (AvgIpc) is 2.54. The lowest BCUT2D eigenvalue weighted by atomic mass is 10.1. The maximum absolute atomic E-state index is 12.1. The Morgan fingerprint density at radius 1 is 0.920 bits per heavy atom. The smallest absolute Gasteiger partial charge is 0.328 e. The molecule has 5 atom stereocenters. The second-order valence-electron chi connectivity index (χ2n) is 5.33. The zero-order valence-electron chi connectivity index (χ0n) is 13.8. The van der Waals surface area contributed by atoms with Crippen LogP contribution in [0.15, 0.2) is 0 Å². The number of aliphatic hydroxyl groups excluding tert-OH is 3. The molecule has 12 heteroatoms. The normalized spacial score (nSPS) is 16.7. The van der Waals surface area contributed by atoms with Crippen molar-refractivity contribution < 1.29 is 39.6 Å². The quantitative estimate of drug-likeness (QED) is 0.187. The van der Waals surface area contributed by atoms with E-state index in [0.717, 1.165) is 0 Å². The van der Waals surface area contributed by atoms with Crippen LogP contribution >= 0.6 is 0 Å². The lowest BCUT2D eigenvalue weighted by molar-refractivity contribution is -0.143.